The summed E-state index contributed by atoms with van der Waals surface area (Å²) < 4.78 is 0. The standard InChI is InChI=1S/C23H35N5O2/c1-3-24-23(25-12-15-28-21(29)8-5-9-22(28)30)26-20-10-13-27(14-11-20)17-19-7-4-6-18(2)16-19/h4,6-7,16,20H,3,5,8-15,17H2,1-2H3,(H2,24,25,26). The van der Waals surface area contributed by atoms with Crippen LogP contribution in [0.4, 0.5) is 0 Å². The second-order valence-corrected chi connectivity index (χ2v) is 8.24. The molecule has 0 atom stereocenters. The van der Waals surface area contributed by atoms with Crippen LogP contribution in [0.2, 0.25) is 0 Å². The number of piperidine rings is 2. The molecule has 0 spiro atoms. The molecule has 0 saturated carbocycles. The molecule has 3 rings (SSSR count). The Hall–Kier alpha value is -2.41. The van der Waals surface area contributed by atoms with E-state index in [2.05, 4.69) is 51.7 Å². The SMILES string of the molecule is CCNC(=NCCN1C(=O)CCCC1=O)NC1CCN(Cc2cccc(C)c2)CC1. The first kappa shape index (κ1) is 22.3. The molecule has 0 aliphatic carbocycles. The van der Waals surface area contributed by atoms with Gasteiger partial charge < -0.3 is 10.6 Å². The second kappa shape index (κ2) is 11.1. The van der Waals surface area contributed by atoms with E-state index in [4.69, 9.17) is 0 Å². The van der Waals surface area contributed by atoms with Gasteiger partial charge in [0.2, 0.25) is 11.8 Å². The first-order chi connectivity index (χ1) is 14.5. The molecule has 2 amide bonds. The summed E-state index contributed by atoms with van der Waals surface area (Å²) in [4.78, 5) is 32.3. The number of hydrogen-bond acceptors (Lipinski definition) is 4. The van der Waals surface area contributed by atoms with Crippen molar-refractivity contribution >= 4 is 17.8 Å². The zero-order valence-electron chi connectivity index (χ0n) is 18.3. The second-order valence-electron chi connectivity index (χ2n) is 8.24. The summed E-state index contributed by atoms with van der Waals surface area (Å²) in [5.41, 5.74) is 2.68. The average Bonchev–Trinajstić information content (AvgIpc) is 2.72. The van der Waals surface area contributed by atoms with Crippen LogP contribution in [0.5, 0.6) is 0 Å². The van der Waals surface area contributed by atoms with Crippen LogP contribution in [0.15, 0.2) is 29.3 Å². The van der Waals surface area contributed by atoms with Crippen molar-refractivity contribution in [2.24, 2.45) is 4.99 Å². The molecule has 0 radical (unpaired) electrons. The highest BCUT2D eigenvalue weighted by atomic mass is 16.2. The molecule has 164 valence electrons. The molecule has 2 N–H and O–H groups in total. The summed E-state index contributed by atoms with van der Waals surface area (Å²) in [7, 11) is 0. The van der Waals surface area contributed by atoms with E-state index >= 15 is 0 Å². The van der Waals surface area contributed by atoms with Crippen LogP contribution in [0.3, 0.4) is 0 Å². The van der Waals surface area contributed by atoms with E-state index in [-0.39, 0.29) is 11.8 Å². The van der Waals surface area contributed by atoms with Crippen molar-refractivity contribution in [1.82, 2.24) is 20.4 Å². The minimum Gasteiger partial charge on any atom is -0.357 e. The number of imide groups is 1. The maximum Gasteiger partial charge on any atom is 0.229 e. The first-order valence-corrected chi connectivity index (χ1v) is 11.2. The van der Waals surface area contributed by atoms with Gasteiger partial charge in [0.25, 0.3) is 0 Å². The van der Waals surface area contributed by atoms with E-state index in [1.165, 1.54) is 16.0 Å². The third-order valence-electron chi connectivity index (χ3n) is 5.74. The number of rotatable bonds is 7. The number of nitrogens with zero attached hydrogens (tertiary/aromatic N) is 3. The minimum atomic E-state index is -0.0691. The molecule has 0 unspecified atom stereocenters. The van der Waals surface area contributed by atoms with Gasteiger partial charge in [0.05, 0.1) is 6.54 Å². The minimum absolute atomic E-state index is 0.0691. The third-order valence-corrected chi connectivity index (χ3v) is 5.74. The molecule has 0 bridgehead atoms. The quantitative estimate of drug-likeness (QED) is 0.406. The molecule has 7 heteroatoms. The molecule has 2 aliphatic heterocycles. The van der Waals surface area contributed by atoms with E-state index in [9.17, 15) is 9.59 Å². The van der Waals surface area contributed by atoms with Gasteiger partial charge in [-0.3, -0.25) is 24.4 Å². The molecule has 1 aromatic rings. The Morgan fingerprint density at radius 3 is 2.57 bits per heavy atom. The Morgan fingerprint density at radius 2 is 1.90 bits per heavy atom. The van der Waals surface area contributed by atoms with Gasteiger partial charge in [0, 0.05) is 51.6 Å². The van der Waals surface area contributed by atoms with Crippen LogP contribution in [-0.4, -0.2) is 66.3 Å². The number of carbonyl (C=O) groups is 2. The molecular weight excluding hydrogens is 378 g/mol. The van der Waals surface area contributed by atoms with Gasteiger partial charge in [-0.15, -0.1) is 0 Å². The first-order valence-electron chi connectivity index (χ1n) is 11.2. The summed E-state index contributed by atoms with van der Waals surface area (Å²) in [6.07, 6.45) is 3.74. The van der Waals surface area contributed by atoms with Crippen molar-refractivity contribution in [1.29, 1.82) is 0 Å². The highest BCUT2D eigenvalue weighted by Crippen LogP contribution is 2.15. The smallest absolute Gasteiger partial charge is 0.229 e. The number of likely N-dealkylation sites (tertiary alicyclic amines) is 2. The third kappa shape index (κ3) is 6.55. The van der Waals surface area contributed by atoms with Gasteiger partial charge in [-0.25, -0.2) is 0 Å². The van der Waals surface area contributed by atoms with Crippen molar-refractivity contribution in [3.05, 3.63) is 35.4 Å². The normalized spacial score (nSPS) is 19.3. The van der Waals surface area contributed by atoms with Crippen LogP contribution in [0, 0.1) is 6.92 Å². The summed E-state index contributed by atoms with van der Waals surface area (Å²) in [6.45, 7) is 8.86. The molecule has 2 aliphatic rings. The van der Waals surface area contributed by atoms with Crippen LogP contribution >= 0.6 is 0 Å². The lowest BCUT2D eigenvalue weighted by Gasteiger charge is -2.33. The summed E-state index contributed by atoms with van der Waals surface area (Å²) >= 11 is 0. The maximum absolute atomic E-state index is 11.9. The van der Waals surface area contributed by atoms with Gasteiger partial charge in [-0.1, -0.05) is 29.8 Å². The van der Waals surface area contributed by atoms with Gasteiger partial charge in [-0.05, 0) is 38.7 Å². The molecular formula is C23H35N5O2. The Balaban J connectivity index is 1.45. The van der Waals surface area contributed by atoms with Crippen LogP contribution in [0.25, 0.3) is 0 Å². The van der Waals surface area contributed by atoms with Crippen molar-refractivity contribution in [3.63, 3.8) is 0 Å². The Kier molecular flexibility index (Phi) is 8.25. The highest BCUT2D eigenvalue weighted by molar-refractivity contribution is 5.97. The monoisotopic (exact) mass is 413 g/mol. The summed E-state index contributed by atoms with van der Waals surface area (Å²) in [5, 5.41) is 6.82. The maximum atomic E-state index is 11.9. The zero-order chi connectivity index (χ0) is 21.3. The van der Waals surface area contributed by atoms with Crippen molar-refractivity contribution < 1.29 is 9.59 Å². The number of hydrogen-bond donors (Lipinski definition) is 2. The van der Waals surface area contributed by atoms with Gasteiger partial charge in [0.1, 0.15) is 0 Å². The van der Waals surface area contributed by atoms with E-state index < -0.39 is 0 Å². The molecule has 7 nitrogen and oxygen atoms in total. The summed E-state index contributed by atoms with van der Waals surface area (Å²) in [5.74, 6) is 0.632. The predicted molar refractivity (Wildman–Crippen MR) is 119 cm³/mol. The largest absolute Gasteiger partial charge is 0.357 e. The van der Waals surface area contributed by atoms with Gasteiger partial charge in [0.15, 0.2) is 5.96 Å². The molecule has 2 saturated heterocycles. The molecule has 1 aromatic carbocycles. The van der Waals surface area contributed by atoms with Crippen molar-refractivity contribution in [3.8, 4) is 0 Å². The zero-order valence-corrected chi connectivity index (χ0v) is 18.3. The molecule has 0 aromatic heterocycles. The Labute approximate surface area is 179 Å². The Morgan fingerprint density at radius 1 is 1.17 bits per heavy atom. The average molecular weight is 414 g/mol. The number of amides is 2. The van der Waals surface area contributed by atoms with E-state index in [0.29, 0.717) is 38.4 Å². The molecule has 2 heterocycles. The fraction of sp³-hybridized carbons (Fsp3) is 0.609. The van der Waals surface area contributed by atoms with Crippen LogP contribution in [-0.2, 0) is 16.1 Å². The summed E-state index contributed by atoms with van der Waals surface area (Å²) in [6, 6.07) is 9.11. The van der Waals surface area contributed by atoms with Crippen molar-refractivity contribution in [2.75, 3.05) is 32.7 Å². The lowest BCUT2D eigenvalue weighted by molar-refractivity contribution is -0.147. The predicted octanol–water partition coefficient (Wildman–Crippen LogP) is 2.05. The Bertz CT molecular complexity index is 740. The number of aliphatic imine (C=N–C) groups is 1. The highest BCUT2D eigenvalue weighted by Gasteiger charge is 2.25. The fourth-order valence-electron chi connectivity index (χ4n) is 4.13. The van der Waals surface area contributed by atoms with Crippen LogP contribution < -0.4 is 10.6 Å². The number of carbonyl (C=O) groups excluding carboxylic acids is 2. The lowest BCUT2D eigenvalue weighted by Crippen LogP contribution is -2.49. The van der Waals surface area contributed by atoms with Gasteiger partial charge in [-0.2, -0.15) is 0 Å². The van der Waals surface area contributed by atoms with Gasteiger partial charge >= 0.3 is 0 Å². The number of guanidine groups is 1. The van der Waals surface area contributed by atoms with Crippen molar-refractivity contribution in [2.45, 2.75) is 58.5 Å². The number of aryl methyl sites for hydroxylation is 1. The number of nitrogens with one attached hydrogen (secondary N) is 2. The topological polar surface area (TPSA) is 77.0 Å². The molecule has 30 heavy (non-hydrogen) atoms. The molecule has 2 fully saturated rings. The number of benzene rings is 1. The fourth-order valence-corrected chi connectivity index (χ4v) is 4.13. The van der Waals surface area contributed by atoms with E-state index in [1.54, 1.807) is 0 Å². The van der Waals surface area contributed by atoms with E-state index in [0.717, 1.165) is 45.0 Å². The van der Waals surface area contributed by atoms with Crippen LogP contribution in [0.1, 0.15) is 50.2 Å². The lowest BCUT2D eigenvalue weighted by atomic mass is 10.0. The van der Waals surface area contributed by atoms with E-state index in [1.807, 2.05) is 6.92 Å².